The number of thiol groups is 1. The van der Waals surface area contributed by atoms with Crippen molar-refractivity contribution >= 4 is 26.8 Å². The molecule has 1 saturated carbocycles. The lowest BCUT2D eigenvalue weighted by atomic mass is 9.79. The van der Waals surface area contributed by atoms with Crippen molar-refractivity contribution in [2.75, 3.05) is 19.5 Å². The fraction of sp³-hybridized carbons (Fsp3) is 0.536. The van der Waals surface area contributed by atoms with Gasteiger partial charge >= 0.3 is 0 Å². The third-order valence-corrected chi connectivity index (χ3v) is 12.8. The van der Waals surface area contributed by atoms with Crippen molar-refractivity contribution in [2.45, 2.75) is 72.9 Å². The average Bonchev–Trinajstić information content (AvgIpc) is 3.44. The second kappa shape index (κ2) is 12.1. The van der Waals surface area contributed by atoms with Crippen LogP contribution in [0.5, 0.6) is 0 Å². The molecule has 3 heterocycles. The second-order valence-electron chi connectivity index (χ2n) is 11.1. The molecule has 0 amide bonds. The monoisotopic (exact) mass is 676 g/mol. The number of aryl methyl sites for hydroxylation is 1. The molecule has 0 spiro atoms. The van der Waals surface area contributed by atoms with Gasteiger partial charge in [-0.1, -0.05) is 11.3 Å². The van der Waals surface area contributed by atoms with Gasteiger partial charge in [-0.05, 0) is 59.5 Å². The van der Waals surface area contributed by atoms with Crippen LogP contribution in [0, 0.1) is 18.6 Å². The van der Waals surface area contributed by atoms with E-state index in [9.17, 15) is 32.9 Å². The molecule has 3 N–H and O–H groups in total. The predicted molar refractivity (Wildman–Crippen MR) is 154 cm³/mol. The number of halogens is 5. The summed E-state index contributed by atoms with van der Waals surface area (Å²) in [5.74, 6) is -4.22. The Morgan fingerprint density at radius 2 is 1.86 bits per heavy atom. The number of hydrogen-bond acceptors (Lipinski definition) is 7. The van der Waals surface area contributed by atoms with Gasteiger partial charge in [-0.2, -0.15) is 0 Å². The Hall–Kier alpha value is -2.10. The van der Waals surface area contributed by atoms with Crippen LogP contribution < -0.4 is 0 Å². The van der Waals surface area contributed by atoms with Crippen LogP contribution in [0.4, 0.5) is 17.6 Å². The quantitative estimate of drug-likeness (QED) is 0.164. The Bertz CT molecular complexity index is 1400. The zero-order valence-corrected chi connectivity index (χ0v) is 25.4. The summed E-state index contributed by atoms with van der Waals surface area (Å²) in [7, 11) is -0.0289. The lowest BCUT2D eigenvalue weighted by Crippen LogP contribution is -2.54. The maximum absolute atomic E-state index is 14.2. The fourth-order valence-electron chi connectivity index (χ4n) is 6.23. The zero-order valence-electron chi connectivity index (χ0n) is 23.0. The minimum absolute atomic E-state index is 0.140. The molecule has 2 aromatic heterocycles. The number of benzene rings is 1. The van der Waals surface area contributed by atoms with E-state index >= 15 is 0 Å². The highest BCUT2D eigenvalue weighted by molar-refractivity contribution is 9.10. The van der Waals surface area contributed by atoms with Crippen molar-refractivity contribution < 1.29 is 37.6 Å². The van der Waals surface area contributed by atoms with Crippen LogP contribution in [0.15, 0.2) is 41.1 Å². The first kappa shape index (κ1) is 31.3. The molecule has 1 aliphatic carbocycles. The van der Waals surface area contributed by atoms with Gasteiger partial charge in [-0.15, -0.1) is 5.10 Å². The summed E-state index contributed by atoms with van der Waals surface area (Å²) >= 11 is 2.85. The number of ether oxygens (including phenoxy) is 1. The van der Waals surface area contributed by atoms with Crippen molar-refractivity contribution in [1.29, 1.82) is 0 Å². The van der Waals surface area contributed by atoms with Gasteiger partial charge < -0.3 is 20.1 Å². The highest BCUT2D eigenvalue weighted by atomic mass is 79.9. The molecule has 2 fully saturated rings. The van der Waals surface area contributed by atoms with E-state index in [2.05, 4.69) is 31.2 Å². The van der Waals surface area contributed by atoms with E-state index in [4.69, 9.17) is 4.74 Å². The average molecular weight is 678 g/mol. The number of aromatic nitrogens is 4. The van der Waals surface area contributed by atoms with Crippen LogP contribution in [0.25, 0.3) is 11.3 Å². The molecule has 1 aromatic carbocycles. The van der Waals surface area contributed by atoms with E-state index in [0.717, 1.165) is 17.7 Å². The Morgan fingerprint density at radius 3 is 2.45 bits per heavy atom. The van der Waals surface area contributed by atoms with Crippen molar-refractivity contribution in [3.63, 3.8) is 0 Å². The lowest BCUT2D eigenvalue weighted by Gasteiger charge is -2.53. The second-order valence-corrected chi connectivity index (χ2v) is 14.5. The Labute approximate surface area is 251 Å². The third-order valence-electron chi connectivity index (χ3n) is 8.52. The summed E-state index contributed by atoms with van der Waals surface area (Å²) in [6, 6.07) is 4.96. The molecule has 0 bridgehead atoms. The number of pyridine rings is 1. The Balaban J connectivity index is 1.52. The largest absolute Gasteiger partial charge is 0.395 e. The van der Waals surface area contributed by atoms with Crippen molar-refractivity contribution in [3.05, 3.63) is 64.0 Å². The van der Waals surface area contributed by atoms with Gasteiger partial charge in [0.2, 0.25) is 5.92 Å². The number of methoxy groups -OCH3 is 1. The van der Waals surface area contributed by atoms with Crippen LogP contribution in [-0.2, 0) is 4.74 Å². The molecule has 42 heavy (non-hydrogen) atoms. The van der Waals surface area contributed by atoms with Crippen molar-refractivity contribution in [2.24, 2.45) is 0 Å². The van der Waals surface area contributed by atoms with Gasteiger partial charge in [0.1, 0.15) is 23.4 Å². The smallest absolute Gasteiger partial charge is 0.248 e. The third kappa shape index (κ3) is 5.85. The van der Waals surface area contributed by atoms with Crippen LogP contribution in [0.3, 0.4) is 0 Å². The molecular weight excluding hydrogens is 644 g/mol. The maximum atomic E-state index is 14.2. The summed E-state index contributed by atoms with van der Waals surface area (Å²) in [5, 5.41) is 41.0. The van der Waals surface area contributed by atoms with E-state index in [1.807, 2.05) is 13.0 Å². The summed E-state index contributed by atoms with van der Waals surface area (Å²) in [6.07, 6.45) is -0.145. The molecule has 8 nitrogen and oxygen atoms in total. The van der Waals surface area contributed by atoms with Crippen LogP contribution >= 0.6 is 26.8 Å². The summed E-state index contributed by atoms with van der Waals surface area (Å²) in [4.78, 5) is 4.56. The number of aliphatic hydroxyl groups excluding tert-OH is 2. The number of nitrogens with zero attached hydrogens (tertiary/aromatic N) is 4. The Morgan fingerprint density at radius 1 is 1.19 bits per heavy atom. The molecule has 230 valence electrons. The Kier molecular flexibility index (Phi) is 9.04. The molecule has 1 saturated heterocycles. The summed E-state index contributed by atoms with van der Waals surface area (Å²) in [6.45, 7) is 1.39. The summed E-state index contributed by atoms with van der Waals surface area (Å²) in [5.41, 5.74) is 0.100. The van der Waals surface area contributed by atoms with Crippen LogP contribution in [0.2, 0.25) is 0 Å². The predicted octanol–water partition coefficient (Wildman–Crippen LogP) is 4.66. The number of rotatable bonds is 7. The van der Waals surface area contributed by atoms with E-state index in [0.29, 0.717) is 5.69 Å². The lowest BCUT2D eigenvalue weighted by molar-refractivity contribution is -0.105. The van der Waals surface area contributed by atoms with E-state index in [-0.39, 0.29) is 34.3 Å². The summed E-state index contributed by atoms with van der Waals surface area (Å²) < 4.78 is 63.7. The van der Waals surface area contributed by atoms with Gasteiger partial charge in [0.25, 0.3) is 0 Å². The number of hydrogen-bond donors (Lipinski definition) is 4. The molecular formula is C28H33BrF4N4O4S. The number of alkyl halides is 2. The molecule has 2 aliphatic rings. The first-order chi connectivity index (χ1) is 19.9. The SMILES string of the molecule is CO[C@H]1C[SH]([C@H](c2ncccc2C)C2(O)CCC(F)(F)CC2)[C@H](CO)[C@H](O)[C@@H]1n1cc(-c2cc(F)c(Br)c(F)c2)nn1. The van der Waals surface area contributed by atoms with Gasteiger partial charge in [0, 0.05) is 42.7 Å². The minimum Gasteiger partial charge on any atom is -0.395 e. The molecule has 0 radical (unpaired) electrons. The minimum atomic E-state index is -2.88. The molecule has 1 aliphatic heterocycles. The maximum Gasteiger partial charge on any atom is 0.248 e. The normalized spacial score (nSPS) is 28.9. The zero-order chi connectivity index (χ0) is 30.4. The standard InChI is InChI=1S/C28H33BrF4N4O4S/c1-15-4-3-9-34-23(15)26(27(40)5-7-28(32,33)8-6-27)42-14-20(41-2)24(25(39)21(42)13-38)37-12-19(35-36-37)16-10-17(30)22(29)18(31)11-16/h3-4,9-12,20-21,24-26,38-40,42H,5-8,13-14H2,1-2H3/t20-,21+,24+,25-,26+/m0/s1. The van der Waals surface area contributed by atoms with Crippen LogP contribution in [-0.4, -0.2) is 83.7 Å². The first-order valence-electron chi connectivity index (χ1n) is 13.5. The van der Waals surface area contributed by atoms with Crippen molar-refractivity contribution in [3.8, 4) is 11.3 Å². The topological polar surface area (TPSA) is 114 Å². The van der Waals surface area contributed by atoms with Gasteiger partial charge in [-0.3, -0.25) is 4.98 Å². The highest BCUT2D eigenvalue weighted by Gasteiger charge is 2.54. The number of aliphatic hydroxyl groups is 3. The molecule has 1 unspecified atom stereocenters. The van der Waals surface area contributed by atoms with Crippen molar-refractivity contribution in [1.82, 2.24) is 20.0 Å². The molecule has 6 atom stereocenters. The van der Waals surface area contributed by atoms with Gasteiger partial charge in [-0.25, -0.2) is 33.1 Å². The van der Waals surface area contributed by atoms with E-state index in [1.54, 1.807) is 12.3 Å². The van der Waals surface area contributed by atoms with E-state index in [1.165, 1.54) is 18.0 Å². The molecule has 14 heteroatoms. The van der Waals surface area contributed by atoms with Crippen LogP contribution in [0.1, 0.15) is 48.2 Å². The molecule has 5 rings (SSSR count). The highest BCUT2D eigenvalue weighted by Crippen LogP contribution is 2.61. The first-order valence-corrected chi connectivity index (χ1v) is 16.0. The van der Waals surface area contributed by atoms with Gasteiger partial charge in [0.05, 0.1) is 46.0 Å². The van der Waals surface area contributed by atoms with Gasteiger partial charge in [0.15, 0.2) is 0 Å². The molecule has 3 aromatic rings. The van der Waals surface area contributed by atoms with E-state index < -0.39 is 82.3 Å². The fourth-order valence-corrected chi connectivity index (χ4v) is 10.3.